The molecule has 0 heterocycles. The molecule has 0 N–H and O–H groups in total. The highest BCUT2D eigenvalue weighted by molar-refractivity contribution is 7.81. The Morgan fingerprint density at radius 2 is 1.70 bits per heavy atom. The third-order valence-corrected chi connectivity index (χ3v) is 3.62. The Balaban J connectivity index is 4.23. The molecular formula is C9H20S. The highest BCUT2D eigenvalue weighted by Crippen LogP contribution is 2.36. The van der Waals surface area contributed by atoms with Gasteiger partial charge in [-0.1, -0.05) is 34.6 Å². The lowest BCUT2D eigenvalue weighted by atomic mass is 9.74. The Kier molecular flexibility index (Phi) is 3.79. The van der Waals surface area contributed by atoms with Gasteiger partial charge in [-0.15, -0.1) is 0 Å². The van der Waals surface area contributed by atoms with E-state index in [9.17, 15) is 0 Å². The van der Waals surface area contributed by atoms with Crippen LogP contribution in [0.4, 0.5) is 0 Å². The summed E-state index contributed by atoms with van der Waals surface area (Å²) in [5, 5.41) is 0.498. The van der Waals surface area contributed by atoms with E-state index in [1.54, 1.807) is 0 Å². The molecule has 0 rings (SSSR count). The summed E-state index contributed by atoms with van der Waals surface area (Å²) < 4.78 is 0. The van der Waals surface area contributed by atoms with Crippen molar-refractivity contribution >= 4 is 12.6 Å². The molecule has 0 nitrogen and oxygen atoms in total. The fourth-order valence-corrected chi connectivity index (χ4v) is 1.67. The summed E-state index contributed by atoms with van der Waals surface area (Å²) in [6, 6.07) is 0. The van der Waals surface area contributed by atoms with E-state index in [2.05, 4.69) is 47.2 Å². The monoisotopic (exact) mass is 160 g/mol. The van der Waals surface area contributed by atoms with E-state index in [4.69, 9.17) is 0 Å². The van der Waals surface area contributed by atoms with Crippen LogP contribution in [0.25, 0.3) is 0 Å². The smallest absolute Gasteiger partial charge is 0.00446 e. The summed E-state index contributed by atoms with van der Waals surface area (Å²) in [7, 11) is 0. The van der Waals surface area contributed by atoms with Crippen molar-refractivity contribution in [2.45, 2.75) is 46.3 Å². The minimum absolute atomic E-state index is 0.406. The lowest BCUT2D eigenvalue weighted by Crippen LogP contribution is -2.31. The lowest BCUT2D eigenvalue weighted by molar-refractivity contribution is 0.209. The van der Waals surface area contributed by atoms with E-state index in [1.807, 2.05) is 0 Å². The molecular weight excluding hydrogens is 140 g/mol. The van der Waals surface area contributed by atoms with Gasteiger partial charge in [0.2, 0.25) is 0 Å². The van der Waals surface area contributed by atoms with E-state index in [0.717, 1.165) is 5.92 Å². The third-order valence-electron chi connectivity index (χ3n) is 3.04. The second-order valence-corrected chi connectivity index (χ2v) is 4.46. The van der Waals surface area contributed by atoms with Gasteiger partial charge in [0.05, 0.1) is 0 Å². The molecule has 0 bridgehead atoms. The number of hydrogen-bond acceptors (Lipinski definition) is 1. The van der Waals surface area contributed by atoms with E-state index in [-0.39, 0.29) is 0 Å². The predicted octanol–water partition coefficient (Wildman–Crippen LogP) is 3.38. The molecule has 0 aromatic carbocycles. The average Bonchev–Trinajstić information content (AvgIpc) is 1.85. The van der Waals surface area contributed by atoms with Gasteiger partial charge < -0.3 is 0 Å². The first kappa shape index (κ1) is 10.3. The standard InChI is InChI=1S/C9H20S/c1-6-9(5,7(2)3)8(4)10/h7-8,10H,6H2,1-5H3. The van der Waals surface area contributed by atoms with Crippen molar-refractivity contribution in [2.24, 2.45) is 11.3 Å². The van der Waals surface area contributed by atoms with Crippen LogP contribution in [-0.4, -0.2) is 5.25 Å². The molecule has 0 fully saturated rings. The van der Waals surface area contributed by atoms with Crippen LogP contribution in [-0.2, 0) is 0 Å². The van der Waals surface area contributed by atoms with Crippen LogP contribution >= 0.6 is 12.6 Å². The lowest BCUT2D eigenvalue weighted by Gasteiger charge is -2.36. The highest BCUT2D eigenvalue weighted by Gasteiger charge is 2.30. The molecule has 0 saturated heterocycles. The zero-order chi connectivity index (χ0) is 8.36. The molecule has 0 radical (unpaired) electrons. The quantitative estimate of drug-likeness (QED) is 0.601. The Morgan fingerprint density at radius 3 is 1.70 bits per heavy atom. The maximum atomic E-state index is 4.50. The van der Waals surface area contributed by atoms with Crippen molar-refractivity contribution in [3.8, 4) is 0 Å². The van der Waals surface area contributed by atoms with Crippen LogP contribution in [0.1, 0.15) is 41.0 Å². The first-order chi connectivity index (χ1) is 4.45. The largest absolute Gasteiger partial charge is 0.176 e. The van der Waals surface area contributed by atoms with E-state index < -0.39 is 0 Å². The first-order valence-electron chi connectivity index (χ1n) is 4.13. The molecule has 2 atom stereocenters. The first-order valence-corrected chi connectivity index (χ1v) is 4.64. The van der Waals surface area contributed by atoms with Crippen molar-refractivity contribution in [3.63, 3.8) is 0 Å². The molecule has 62 valence electrons. The molecule has 0 spiro atoms. The van der Waals surface area contributed by atoms with Crippen molar-refractivity contribution in [2.75, 3.05) is 0 Å². The van der Waals surface area contributed by atoms with Gasteiger partial charge in [-0.3, -0.25) is 0 Å². The van der Waals surface area contributed by atoms with Crippen molar-refractivity contribution in [1.82, 2.24) is 0 Å². The maximum absolute atomic E-state index is 4.50. The van der Waals surface area contributed by atoms with E-state index in [0.29, 0.717) is 10.7 Å². The summed E-state index contributed by atoms with van der Waals surface area (Å²) in [4.78, 5) is 0. The number of thiol groups is 1. The van der Waals surface area contributed by atoms with Crippen molar-refractivity contribution in [3.05, 3.63) is 0 Å². The average molecular weight is 160 g/mol. The van der Waals surface area contributed by atoms with Gasteiger partial charge in [-0.2, -0.15) is 12.6 Å². The van der Waals surface area contributed by atoms with Crippen LogP contribution in [0.3, 0.4) is 0 Å². The van der Waals surface area contributed by atoms with E-state index in [1.165, 1.54) is 6.42 Å². The Labute approximate surface area is 70.8 Å². The van der Waals surface area contributed by atoms with Crippen LogP contribution in [0.5, 0.6) is 0 Å². The second kappa shape index (κ2) is 3.66. The van der Waals surface area contributed by atoms with Crippen LogP contribution in [0, 0.1) is 11.3 Å². The number of hydrogen-bond donors (Lipinski definition) is 1. The fourth-order valence-electron chi connectivity index (χ4n) is 1.19. The van der Waals surface area contributed by atoms with Gasteiger partial charge in [0.1, 0.15) is 0 Å². The number of rotatable bonds is 3. The molecule has 0 aromatic heterocycles. The molecule has 0 aliphatic carbocycles. The molecule has 0 amide bonds. The highest BCUT2D eigenvalue weighted by atomic mass is 32.1. The molecule has 2 unspecified atom stereocenters. The molecule has 0 saturated carbocycles. The van der Waals surface area contributed by atoms with E-state index >= 15 is 0 Å². The normalized spacial score (nSPS) is 20.7. The second-order valence-electron chi connectivity index (χ2n) is 3.69. The summed E-state index contributed by atoms with van der Waals surface area (Å²) in [5.41, 5.74) is 0.406. The van der Waals surface area contributed by atoms with Crippen LogP contribution in [0.15, 0.2) is 0 Å². The van der Waals surface area contributed by atoms with Crippen LogP contribution in [0.2, 0.25) is 0 Å². The summed E-state index contributed by atoms with van der Waals surface area (Å²) in [6.07, 6.45) is 1.22. The minimum atomic E-state index is 0.406. The summed E-state index contributed by atoms with van der Waals surface area (Å²) >= 11 is 4.50. The Bertz CT molecular complexity index is 86.9. The van der Waals surface area contributed by atoms with Gasteiger partial charge >= 0.3 is 0 Å². The van der Waals surface area contributed by atoms with Gasteiger partial charge in [0, 0.05) is 5.25 Å². The molecule has 1 heteroatoms. The molecule has 10 heavy (non-hydrogen) atoms. The maximum Gasteiger partial charge on any atom is 0.00446 e. The topological polar surface area (TPSA) is 0 Å². The fraction of sp³-hybridized carbons (Fsp3) is 1.00. The molecule has 0 aliphatic rings. The SMILES string of the molecule is CCC(C)(C(C)C)C(C)S. The van der Waals surface area contributed by atoms with Gasteiger partial charge in [-0.05, 0) is 17.8 Å². The minimum Gasteiger partial charge on any atom is -0.176 e. The zero-order valence-electron chi connectivity index (χ0n) is 7.81. The Hall–Kier alpha value is 0.350. The van der Waals surface area contributed by atoms with Crippen molar-refractivity contribution < 1.29 is 0 Å². The summed E-state index contributed by atoms with van der Waals surface area (Å²) in [5.74, 6) is 0.727. The summed E-state index contributed by atoms with van der Waals surface area (Å²) in [6.45, 7) is 11.3. The van der Waals surface area contributed by atoms with Gasteiger partial charge in [-0.25, -0.2) is 0 Å². The Morgan fingerprint density at radius 1 is 1.30 bits per heavy atom. The van der Waals surface area contributed by atoms with Gasteiger partial charge in [0.25, 0.3) is 0 Å². The van der Waals surface area contributed by atoms with Crippen LogP contribution < -0.4 is 0 Å². The molecule has 0 aromatic rings. The van der Waals surface area contributed by atoms with Crippen molar-refractivity contribution in [1.29, 1.82) is 0 Å². The van der Waals surface area contributed by atoms with Gasteiger partial charge in [0.15, 0.2) is 0 Å². The zero-order valence-corrected chi connectivity index (χ0v) is 8.70. The third kappa shape index (κ3) is 1.91. The predicted molar refractivity (Wildman–Crippen MR) is 51.7 cm³/mol. The molecule has 0 aliphatic heterocycles.